The van der Waals surface area contributed by atoms with Crippen molar-refractivity contribution in [3.8, 4) is 0 Å². The van der Waals surface area contributed by atoms with Crippen LogP contribution in [0.4, 0.5) is 5.69 Å². The zero-order valence-corrected chi connectivity index (χ0v) is 14.1. The first-order valence-corrected chi connectivity index (χ1v) is 8.51. The zero-order chi connectivity index (χ0) is 18.1. The minimum atomic E-state index is -0.241. The van der Waals surface area contributed by atoms with E-state index in [0.717, 1.165) is 24.0 Å². The molecule has 132 valence electrons. The molecule has 0 aliphatic carbocycles. The molecule has 1 atom stereocenters. The van der Waals surface area contributed by atoms with Crippen molar-refractivity contribution < 1.29 is 9.59 Å². The second-order valence-corrected chi connectivity index (χ2v) is 6.35. The molecule has 3 aromatic rings. The van der Waals surface area contributed by atoms with Gasteiger partial charge < -0.3 is 20.9 Å². The van der Waals surface area contributed by atoms with Gasteiger partial charge in [-0.15, -0.1) is 0 Å². The van der Waals surface area contributed by atoms with E-state index in [4.69, 9.17) is 5.73 Å². The van der Waals surface area contributed by atoms with Gasteiger partial charge in [-0.2, -0.15) is 0 Å². The Hall–Kier alpha value is -3.19. The van der Waals surface area contributed by atoms with Crippen molar-refractivity contribution in [2.24, 2.45) is 5.73 Å². The Bertz CT molecular complexity index is 979. The second-order valence-electron chi connectivity index (χ2n) is 6.35. The molecular formula is C19H19N5O2. The van der Waals surface area contributed by atoms with Crippen LogP contribution in [-0.2, 0) is 0 Å². The summed E-state index contributed by atoms with van der Waals surface area (Å²) >= 11 is 0. The number of hydrogen-bond acceptors (Lipinski definition) is 4. The molecule has 26 heavy (non-hydrogen) atoms. The van der Waals surface area contributed by atoms with Crippen LogP contribution < -0.4 is 11.1 Å². The average molecular weight is 349 g/mol. The Morgan fingerprint density at radius 1 is 1.23 bits per heavy atom. The lowest BCUT2D eigenvalue weighted by molar-refractivity contribution is 0.0481. The third kappa shape index (κ3) is 2.93. The van der Waals surface area contributed by atoms with Gasteiger partial charge in [0.1, 0.15) is 0 Å². The summed E-state index contributed by atoms with van der Waals surface area (Å²) in [5.74, 6) is -0.295. The lowest BCUT2D eigenvalue weighted by Crippen LogP contribution is -2.54. The molecule has 1 unspecified atom stereocenters. The van der Waals surface area contributed by atoms with Crippen molar-refractivity contribution in [2.45, 2.75) is 12.5 Å². The average Bonchev–Trinajstić information content (AvgIpc) is 3.09. The number of nitrogens with two attached hydrogens (primary N) is 1. The molecule has 1 aromatic heterocycles. The number of fused-ring (bicyclic) bond motifs is 1. The van der Waals surface area contributed by atoms with Crippen LogP contribution in [0.25, 0.3) is 11.0 Å². The lowest BCUT2D eigenvalue weighted by atomic mass is 10.0. The fourth-order valence-corrected chi connectivity index (χ4v) is 3.13. The van der Waals surface area contributed by atoms with Crippen LogP contribution in [0, 0.1) is 0 Å². The summed E-state index contributed by atoms with van der Waals surface area (Å²) in [5, 5.41) is 2.84. The summed E-state index contributed by atoms with van der Waals surface area (Å²) in [4.78, 5) is 34.0. The number of aromatic nitrogens is 2. The topological polar surface area (TPSA) is 104 Å². The molecule has 4 rings (SSSR count). The van der Waals surface area contributed by atoms with E-state index in [1.54, 1.807) is 53.7 Å². The van der Waals surface area contributed by atoms with Gasteiger partial charge in [0.25, 0.3) is 11.8 Å². The Morgan fingerprint density at radius 3 is 2.88 bits per heavy atom. The molecule has 7 heteroatoms. The van der Waals surface area contributed by atoms with E-state index in [9.17, 15) is 9.59 Å². The first kappa shape index (κ1) is 16.3. The first-order valence-electron chi connectivity index (χ1n) is 8.51. The fraction of sp³-hybridized carbons (Fsp3) is 0.211. The number of likely N-dealkylation sites (tertiary alicyclic amines) is 1. The number of aromatic amines is 1. The molecule has 0 spiro atoms. The van der Waals surface area contributed by atoms with Gasteiger partial charge in [0.2, 0.25) is 0 Å². The maximum Gasteiger partial charge on any atom is 0.255 e. The molecule has 7 nitrogen and oxygen atoms in total. The molecule has 1 fully saturated rings. The van der Waals surface area contributed by atoms with E-state index in [2.05, 4.69) is 15.3 Å². The number of carbonyl (C=O) groups is 2. The number of nitrogens with one attached hydrogen (secondary N) is 2. The van der Waals surface area contributed by atoms with Gasteiger partial charge in [-0.3, -0.25) is 9.59 Å². The molecule has 4 N–H and O–H groups in total. The quantitative estimate of drug-likeness (QED) is 0.670. The highest BCUT2D eigenvalue weighted by Gasteiger charge is 2.31. The molecule has 1 saturated heterocycles. The summed E-state index contributed by atoms with van der Waals surface area (Å²) in [6, 6.07) is 12.3. The largest absolute Gasteiger partial charge is 0.345 e. The van der Waals surface area contributed by atoms with Crippen molar-refractivity contribution >= 4 is 28.5 Å². The number of anilines is 1. The van der Waals surface area contributed by atoms with Crippen LogP contribution in [0.5, 0.6) is 0 Å². The molecule has 2 aromatic carbocycles. The summed E-state index contributed by atoms with van der Waals surface area (Å²) in [7, 11) is 0. The van der Waals surface area contributed by atoms with E-state index >= 15 is 0 Å². The number of nitrogens with zero attached hydrogens (tertiary/aromatic N) is 2. The minimum Gasteiger partial charge on any atom is -0.345 e. The number of H-pyrrole nitrogens is 1. The highest BCUT2D eigenvalue weighted by atomic mass is 16.2. The van der Waals surface area contributed by atoms with Crippen molar-refractivity contribution in [3.63, 3.8) is 0 Å². The zero-order valence-electron chi connectivity index (χ0n) is 14.1. The SMILES string of the molecule is NCC1CCN1C(=O)c1cccc(NC(=O)c2ccc3nc[nH]c3c2)c1. The summed E-state index contributed by atoms with van der Waals surface area (Å²) in [6.07, 6.45) is 2.53. The van der Waals surface area contributed by atoms with Crippen molar-refractivity contribution in [2.75, 3.05) is 18.4 Å². The molecular weight excluding hydrogens is 330 g/mol. The van der Waals surface area contributed by atoms with Crippen LogP contribution in [-0.4, -0.2) is 45.8 Å². The highest BCUT2D eigenvalue weighted by molar-refractivity contribution is 6.06. The fourth-order valence-electron chi connectivity index (χ4n) is 3.13. The number of carbonyl (C=O) groups excluding carboxylic acids is 2. The van der Waals surface area contributed by atoms with Crippen molar-refractivity contribution in [1.82, 2.24) is 14.9 Å². The van der Waals surface area contributed by atoms with Crippen LogP contribution in [0.2, 0.25) is 0 Å². The number of imidazole rings is 1. The molecule has 0 radical (unpaired) electrons. The molecule has 1 aliphatic heterocycles. The molecule has 2 heterocycles. The number of rotatable bonds is 4. The normalized spacial score (nSPS) is 16.3. The Balaban J connectivity index is 1.51. The molecule has 0 bridgehead atoms. The number of benzene rings is 2. The molecule has 2 amide bonds. The minimum absolute atomic E-state index is 0.0540. The predicted molar refractivity (Wildman–Crippen MR) is 99.0 cm³/mol. The summed E-state index contributed by atoms with van der Waals surface area (Å²) < 4.78 is 0. The summed E-state index contributed by atoms with van der Waals surface area (Å²) in [5.41, 5.74) is 8.92. The van der Waals surface area contributed by atoms with E-state index in [0.29, 0.717) is 23.4 Å². The van der Waals surface area contributed by atoms with Gasteiger partial charge in [-0.25, -0.2) is 4.98 Å². The highest BCUT2D eigenvalue weighted by Crippen LogP contribution is 2.21. The maximum absolute atomic E-state index is 12.6. The van der Waals surface area contributed by atoms with Gasteiger partial charge in [-0.1, -0.05) is 6.07 Å². The van der Waals surface area contributed by atoms with Crippen LogP contribution in [0.3, 0.4) is 0 Å². The van der Waals surface area contributed by atoms with Crippen molar-refractivity contribution in [3.05, 3.63) is 59.9 Å². The summed E-state index contributed by atoms with van der Waals surface area (Å²) in [6.45, 7) is 1.19. The van der Waals surface area contributed by atoms with Gasteiger partial charge in [0.15, 0.2) is 0 Å². The van der Waals surface area contributed by atoms with Crippen LogP contribution in [0.1, 0.15) is 27.1 Å². The molecule has 0 saturated carbocycles. The van der Waals surface area contributed by atoms with Gasteiger partial charge in [0.05, 0.1) is 17.4 Å². The van der Waals surface area contributed by atoms with Gasteiger partial charge in [-0.05, 0) is 42.8 Å². The van der Waals surface area contributed by atoms with Crippen LogP contribution >= 0.6 is 0 Å². The lowest BCUT2D eigenvalue weighted by Gasteiger charge is -2.40. The third-order valence-electron chi connectivity index (χ3n) is 4.73. The predicted octanol–water partition coefficient (Wildman–Crippen LogP) is 1.99. The van der Waals surface area contributed by atoms with E-state index in [1.807, 2.05) is 0 Å². The molecule has 1 aliphatic rings. The van der Waals surface area contributed by atoms with Gasteiger partial charge >= 0.3 is 0 Å². The maximum atomic E-state index is 12.6. The van der Waals surface area contributed by atoms with E-state index in [-0.39, 0.29) is 17.9 Å². The monoisotopic (exact) mass is 349 g/mol. The van der Waals surface area contributed by atoms with Gasteiger partial charge in [0, 0.05) is 35.9 Å². The Morgan fingerprint density at radius 2 is 2.12 bits per heavy atom. The number of amides is 2. The van der Waals surface area contributed by atoms with Crippen molar-refractivity contribution in [1.29, 1.82) is 0 Å². The Labute approximate surface area is 150 Å². The first-order chi connectivity index (χ1) is 12.7. The smallest absolute Gasteiger partial charge is 0.255 e. The Kier molecular flexibility index (Phi) is 4.14. The van der Waals surface area contributed by atoms with E-state index in [1.165, 1.54) is 0 Å². The number of hydrogen-bond donors (Lipinski definition) is 3. The van der Waals surface area contributed by atoms with E-state index < -0.39 is 0 Å². The second kappa shape index (κ2) is 6.61. The van der Waals surface area contributed by atoms with Crippen LogP contribution in [0.15, 0.2) is 48.8 Å². The standard InChI is InChI=1S/C19H19N5O2/c20-10-15-6-7-24(15)19(26)13-2-1-3-14(8-13)23-18(25)12-4-5-16-17(9-12)22-11-21-16/h1-5,8-9,11,15H,6-7,10,20H2,(H,21,22)(H,23,25). The third-order valence-corrected chi connectivity index (χ3v) is 4.73.